The lowest BCUT2D eigenvalue weighted by atomic mass is 10.2. The monoisotopic (exact) mass is 264 g/mol. The van der Waals surface area contributed by atoms with Crippen molar-refractivity contribution in [3.63, 3.8) is 0 Å². The van der Waals surface area contributed by atoms with E-state index >= 15 is 0 Å². The molecule has 0 aliphatic heterocycles. The minimum atomic E-state index is -0.924. The van der Waals surface area contributed by atoms with Crippen LogP contribution in [0.25, 0.3) is 0 Å². The number of anilines is 2. The summed E-state index contributed by atoms with van der Waals surface area (Å²) in [6.45, 7) is 3.22. The molecule has 1 aromatic carbocycles. The summed E-state index contributed by atoms with van der Waals surface area (Å²) in [6, 6.07) is 6.54. The third-order valence-corrected chi connectivity index (χ3v) is 2.45. The van der Waals surface area contributed by atoms with Crippen LogP contribution in [-0.2, 0) is 19.1 Å². The van der Waals surface area contributed by atoms with Gasteiger partial charge in [0.2, 0.25) is 5.91 Å². The van der Waals surface area contributed by atoms with Crippen LogP contribution in [0.1, 0.15) is 13.8 Å². The average molecular weight is 264 g/mol. The smallest absolute Gasteiger partial charge is 0.397 e. The largest absolute Gasteiger partial charge is 0.459 e. The molecule has 0 aromatic heterocycles. The van der Waals surface area contributed by atoms with Crippen LogP contribution in [-0.4, -0.2) is 31.4 Å². The summed E-state index contributed by atoms with van der Waals surface area (Å²) in [7, 11) is 1.65. The number of nitrogens with one attached hydrogen (secondary N) is 1. The summed E-state index contributed by atoms with van der Waals surface area (Å²) in [5, 5.41) is 2.40. The molecular formula is C13H16N2O4. The van der Waals surface area contributed by atoms with E-state index in [9.17, 15) is 14.4 Å². The first-order valence-electron chi connectivity index (χ1n) is 5.78. The lowest BCUT2D eigenvalue weighted by Crippen LogP contribution is -2.25. The fraction of sp³-hybridized carbons (Fsp3) is 0.308. The molecule has 6 heteroatoms. The maximum Gasteiger partial charge on any atom is 0.397 e. The highest BCUT2D eigenvalue weighted by molar-refractivity contribution is 6.37. The second kappa shape index (κ2) is 6.53. The number of hydrogen-bond donors (Lipinski definition) is 1. The molecule has 0 spiro atoms. The first-order valence-corrected chi connectivity index (χ1v) is 5.78. The summed E-state index contributed by atoms with van der Waals surface area (Å²) < 4.78 is 4.57. The Hall–Kier alpha value is -2.37. The van der Waals surface area contributed by atoms with Crippen LogP contribution in [0.5, 0.6) is 0 Å². The first kappa shape index (κ1) is 14.7. The predicted octanol–water partition coefficient (Wildman–Crippen LogP) is 1.17. The van der Waals surface area contributed by atoms with Crippen molar-refractivity contribution >= 4 is 29.2 Å². The first-order chi connectivity index (χ1) is 8.95. The van der Waals surface area contributed by atoms with Crippen LogP contribution >= 0.6 is 0 Å². The maximum absolute atomic E-state index is 11.4. The molecule has 19 heavy (non-hydrogen) atoms. The zero-order chi connectivity index (χ0) is 14.4. The molecular weight excluding hydrogens is 248 g/mol. The number of carbonyl (C=O) groups is 3. The lowest BCUT2D eigenvalue weighted by Gasteiger charge is -2.15. The fourth-order valence-corrected chi connectivity index (χ4v) is 1.33. The Labute approximate surface area is 111 Å². The van der Waals surface area contributed by atoms with Crippen LogP contribution in [0, 0.1) is 0 Å². The molecule has 1 aromatic rings. The van der Waals surface area contributed by atoms with Gasteiger partial charge in [0.1, 0.15) is 0 Å². The Morgan fingerprint density at radius 3 is 2.26 bits per heavy atom. The van der Waals surface area contributed by atoms with Gasteiger partial charge in [0.15, 0.2) is 0 Å². The zero-order valence-electron chi connectivity index (χ0n) is 11.1. The van der Waals surface area contributed by atoms with Crippen LogP contribution in [0.2, 0.25) is 0 Å². The van der Waals surface area contributed by atoms with Crippen molar-refractivity contribution in [2.75, 3.05) is 23.9 Å². The van der Waals surface area contributed by atoms with Gasteiger partial charge < -0.3 is 15.0 Å². The molecule has 0 heterocycles. The Balaban J connectivity index is 2.69. The van der Waals surface area contributed by atoms with Gasteiger partial charge in [-0.3, -0.25) is 9.59 Å². The van der Waals surface area contributed by atoms with Gasteiger partial charge in [-0.25, -0.2) is 4.79 Å². The molecule has 0 radical (unpaired) electrons. The van der Waals surface area contributed by atoms with Crippen molar-refractivity contribution in [2.24, 2.45) is 0 Å². The van der Waals surface area contributed by atoms with E-state index in [1.165, 1.54) is 11.8 Å². The third-order valence-electron chi connectivity index (χ3n) is 2.45. The molecule has 0 unspecified atom stereocenters. The Morgan fingerprint density at radius 2 is 1.79 bits per heavy atom. The number of ether oxygens (including phenoxy) is 1. The van der Waals surface area contributed by atoms with Gasteiger partial charge in [-0.1, -0.05) is 0 Å². The fourth-order valence-electron chi connectivity index (χ4n) is 1.33. The van der Waals surface area contributed by atoms with Gasteiger partial charge in [-0.05, 0) is 31.2 Å². The normalized spacial score (nSPS) is 9.63. The molecule has 0 saturated heterocycles. The minimum absolute atomic E-state index is 0.0942. The van der Waals surface area contributed by atoms with Gasteiger partial charge in [0, 0.05) is 25.3 Å². The van der Waals surface area contributed by atoms with Crippen molar-refractivity contribution in [1.82, 2.24) is 0 Å². The second-order valence-electron chi connectivity index (χ2n) is 3.80. The number of benzene rings is 1. The molecule has 0 bridgehead atoms. The van der Waals surface area contributed by atoms with Crippen molar-refractivity contribution in [3.8, 4) is 0 Å². The van der Waals surface area contributed by atoms with Gasteiger partial charge in [0.05, 0.1) is 6.61 Å². The number of nitrogens with zero attached hydrogens (tertiary/aromatic N) is 1. The van der Waals surface area contributed by atoms with Crippen LogP contribution in [0.3, 0.4) is 0 Å². The Morgan fingerprint density at radius 1 is 1.21 bits per heavy atom. The van der Waals surface area contributed by atoms with Crippen molar-refractivity contribution in [3.05, 3.63) is 24.3 Å². The zero-order valence-corrected chi connectivity index (χ0v) is 11.1. The molecule has 2 amide bonds. The van der Waals surface area contributed by atoms with E-state index in [2.05, 4.69) is 10.1 Å². The van der Waals surface area contributed by atoms with Gasteiger partial charge in [-0.15, -0.1) is 0 Å². The molecule has 6 nitrogen and oxygen atoms in total. The summed E-state index contributed by atoms with van der Waals surface area (Å²) >= 11 is 0. The molecule has 1 N–H and O–H groups in total. The van der Waals surface area contributed by atoms with Crippen molar-refractivity contribution in [1.29, 1.82) is 0 Å². The topological polar surface area (TPSA) is 75.7 Å². The second-order valence-corrected chi connectivity index (χ2v) is 3.80. The number of carbonyl (C=O) groups excluding carboxylic acids is 3. The molecule has 0 aliphatic carbocycles. The standard InChI is InChI=1S/C13H16N2O4/c1-4-19-13(18)12(17)14-10-5-7-11(8-6-10)15(3)9(2)16/h5-8H,4H2,1-3H3,(H,14,17). The molecule has 102 valence electrons. The van der Waals surface area contributed by atoms with E-state index in [0.29, 0.717) is 11.4 Å². The molecule has 1 rings (SSSR count). The average Bonchev–Trinajstić information content (AvgIpc) is 2.38. The van der Waals surface area contributed by atoms with E-state index in [1.54, 1.807) is 38.2 Å². The van der Waals surface area contributed by atoms with E-state index in [4.69, 9.17) is 0 Å². The van der Waals surface area contributed by atoms with Crippen LogP contribution in [0.4, 0.5) is 11.4 Å². The van der Waals surface area contributed by atoms with Crippen molar-refractivity contribution < 1.29 is 19.1 Å². The summed E-state index contributed by atoms with van der Waals surface area (Å²) in [5.41, 5.74) is 1.15. The predicted molar refractivity (Wildman–Crippen MR) is 70.8 cm³/mol. The quantitative estimate of drug-likeness (QED) is 0.657. The van der Waals surface area contributed by atoms with Crippen LogP contribution < -0.4 is 10.2 Å². The van der Waals surface area contributed by atoms with Crippen LogP contribution in [0.15, 0.2) is 24.3 Å². The summed E-state index contributed by atoms with van der Waals surface area (Å²) in [4.78, 5) is 35.1. The molecule has 0 atom stereocenters. The number of rotatable bonds is 3. The Kier molecular flexibility index (Phi) is 5.05. The molecule has 0 fully saturated rings. The highest BCUT2D eigenvalue weighted by Gasteiger charge is 2.14. The van der Waals surface area contributed by atoms with Crippen molar-refractivity contribution in [2.45, 2.75) is 13.8 Å². The maximum atomic E-state index is 11.4. The summed E-state index contributed by atoms with van der Waals surface area (Å²) in [6.07, 6.45) is 0. The number of esters is 1. The van der Waals surface area contributed by atoms with E-state index in [1.807, 2.05) is 0 Å². The number of hydrogen-bond acceptors (Lipinski definition) is 4. The Bertz CT molecular complexity index is 482. The van der Waals surface area contributed by atoms with Gasteiger partial charge in [0.25, 0.3) is 0 Å². The lowest BCUT2D eigenvalue weighted by molar-refractivity contribution is -0.152. The van der Waals surface area contributed by atoms with E-state index in [0.717, 1.165) is 0 Å². The van der Waals surface area contributed by atoms with Gasteiger partial charge >= 0.3 is 11.9 Å². The molecule has 0 saturated carbocycles. The van der Waals surface area contributed by atoms with E-state index in [-0.39, 0.29) is 12.5 Å². The highest BCUT2D eigenvalue weighted by Crippen LogP contribution is 2.16. The minimum Gasteiger partial charge on any atom is -0.459 e. The summed E-state index contributed by atoms with van der Waals surface area (Å²) in [5.74, 6) is -1.84. The SMILES string of the molecule is CCOC(=O)C(=O)Nc1ccc(N(C)C(C)=O)cc1. The highest BCUT2D eigenvalue weighted by atomic mass is 16.5. The van der Waals surface area contributed by atoms with Gasteiger partial charge in [-0.2, -0.15) is 0 Å². The van der Waals surface area contributed by atoms with E-state index < -0.39 is 11.9 Å². The third kappa shape index (κ3) is 4.09. The number of amides is 2. The molecule has 0 aliphatic rings.